The Morgan fingerprint density at radius 3 is 2.68 bits per heavy atom. The van der Waals surface area contributed by atoms with E-state index in [2.05, 4.69) is 15.5 Å². The third kappa shape index (κ3) is 3.99. The van der Waals surface area contributed by atoms with E-state index < -0.39 is 14.9 Å². The first-order valence-electron chi connectivity index (χ1n) is 6.11. The highest BCUT2D eigenvalue weighted by Gasteiger charge is 2.16. The van der Waals surface area contributed by atoms with Crippen LogP contribution in [-0.4, -0.2) is 30.0 Å². The van der Waals surface area contributed by atoms with E-state index in [4.69, 9.17) is 9.66 Å². The van der Waals surface area contributed by atoms with Gasteiger partial charge in [-0.1, -0.05) is 5.16 Å². The van der Waals surface area contributed by atoms with Gasteiger partial charge in [-0.2, -0.15) is 4.98 Å². The second-order valence-corrected chi connectivity index (χ2v) is 5.99. The second kappa shape index (κ2) is 6.07. The van der Waals surface area contributed by atoms with Gasteiger partial charge in [0.05, 0.1) is 9.82 Å². The minimum Gasteiger partial charge on any atom is -0.384 e. The van der Waals surface area contributed by atoms with Crippen molar-refractivity contribution in [2.24, 2.45) is 5.14 Å². The minimum absolute atomic E-state index is 0.259. The second-order valence-electron chi connectivity index (χ2n) is 4.43. The Morgan fingerprint density at radius 1 is 1.41 bits per heavy atom. The summed E-state index contributed by atoms with van der Waals surface area (Å²) in [6.45, 7) is 2.01. The molecular weight excluding hydrogens is 314 g/mol. The molecule has 0 aliphatic rings. The molecular formula is C11H13N5O5S. The van der Waals surface area contributed by atoms with Gasteiger partial charge in [-0.25, -0.2) is 13.6 Å². The molecule has 1 heterocycles. The van der Waals surface area contributed by atoms with Crippen LogP contribution in [0.3, 0.4) is 0 Å². The van der Waals surface area contributed by atoms with E-state index in [1.807, 2.05) is 0 Å². The zero-order chi connectivity index (χ0) is 16.3. The molecule has 0 aliphatic heterocycles. The summed E-state index contributed by atoms with van der Waals surface area (Å²) in [5, 5.41) is 22.3. The van der Waals surface area contributed by atoms with Crippen LogP contribution < -0.4 is 10.5 Å². The average Bonchev–Trinajstić information content (AvgIpc) is 2.83. The van der Waals surface area contributed by atoms with Crippen molar-refractivity contribution in [3.05, 3.63) is 40.0 Å². The average molecular weight is 327 g/mol. The standard InChI is InChI=1S/C11H13N5O5S/c1-7-14-11(21-15-7)2-3-13-8-4-9(16(17)18)6-10(5-8)22(12,19)20/h4-6,13H,2-3H2,1H3,(H2,12,19,20). The number of rotatable bonds is 6. The van der Waals surface area contributed by atoms with Crippen LogP contribution in [0.4, 0.5) is 11.4 Å². The summed E-state index contributed by atoms with van der Waals surface area (Å²) in [5.41, 5.74) is -0.114. The molecule has 0 bridgehead atoms. The van der Waals surface area contributed by atoms with E-state index in [1.165, 1.54) is 12.1 Å². The lowest BCUT2D eigenvalue weighted by atomic mass is 10.2. The van der Waals surface area contributed by atoms with E-state index in [0.29, 0.717) is 24.7 Å². The summed E-state index contributed by atoms with van der Waals surface area (Å²) >= 11 is 0. The fraction of sp³-hybridized carbons (Fsp3) is 0.273. The number of benzene rings is 1. The van der Waals surface area contributed by atoms with Crippen LogP contribution in [-0.2, 0) is 16.4 Å². The maximum Gasteiger partial charge on any atom is 0.272 e. The normalized spacial score (nSPS) is 11.4. The van der Waals surface area contributed by atoms with Crippen LogP contribution in [0.25, 0.3) is 0 Å². The monoisotopic (exact) mass is 327 g/mol. The molecule has 22 heavy (non-hydrogen) atoms. The Kier molecular flexibility index (Phi) is 4.37. The van der Waals surface area contributed by atoms with E-state index >= 15 is 0 Å². The van der Waals surface area contributed by atoms with E-state index in [0.717, 1.165) is 6.07 Å². The molecule has 2 aromatic rings. The molecule has 0 fully saturated rings. The first-order valence-corrected chi connectivity index (χ1v) is 7.65. The summed E-state index contributed by atoms with van der Waals surface area (Å²) in [6.07, 6.45) is 0.383. The van der Waals surface area contributed by atoms with Gasteiger partial charge in [0.15, 0.2) is 5.82 Å². The van der Waals surface area contributed by atoms with Gasteiger partial charge in [-0.3, -0.25) is 10.1 Å². The Labute approximate surface area is 125 Å². The number of hydrogen-bond donors (Lipinski definition) is 2. The van der Waals surface area contributed by atoms with Crippen molar-refractivity contribution in [1.29, 1.82) is 0 Å². The van der Waals surface area contributed by atoms with Crippen molar-refractivity contribution in [1.82, 2.24) is 10.1 Å². The summed E-state index contributed by atoms with van der Waals surface area (Å²) in [5.74, 6) is 0.906. The zero-order valence-corrected chi connectivity index (χ0v) is 12.3. The largest absolute Gasteiger partial charge is 0.384 e. The molecule has 3 N–H and O–H groups in total. The number of primary sulfonamides is 1. The number of hydrogen-bond acceptors (Lipinski definition) is 8. The Balaban J connectivity index is 2.15. The van der Waals surface area contributed by atoms with E-state index in [-0.39, 0.29) is 16.3 Å². The molecule has 1 aromatic carbocycles. The summed E-state index contributed by atoms with van der Waals surface area (Å²) in [7, 11) is -4.04. The van der Waals surface area contributed by atoms with Gasteiger partial charge in [0.2, 0.25) is 15.9 Å². The number of non-ortho nitro benzene ring substituents is 1. The van der Waals surface area contributed by atoms with Crippen molar-refractivity contribution in [3.63, 3.8) is 0 Å². The van der Waals surface area contributed by atoms with Crippen LogP contribution >= 0.6 is 0 Å². The third-order valence-electron chi connectivity index (χ3n) is 2.67. The van der Waals surface area contributed by atoms with Gasteiger partial charge in [-0.15, -0.1) is 0 Å². The van der Waals surface area contributed by atoms with Crippen molar-refractivity contribution >= 4 is 21.4 Å². The van der Waals surface area contributed by atoms with Crippen LogP contribution in [0.1, 0.15) is 11.7 Å². The van der Waals surface area contributed by atoms with Crippen LogP contribution in [0, 0.1) is 17.0 Å². The summed E-state index contributed by atoms with van der Waals surface area (Å²) < 4.78 is 27.6. The number of nitro groups is 1. The highest BCUT2D eigenvalue weighted by atomic mass is 32.2. The zero-order valence-electron chi connectivity index (χ0n) is 11.5. The molecule has 0 atom stereocenters. The molecule has 1 aromatic heterocycles. The number of sulfonamides is 1. The summed E-state index contributed by atoms with van der Waals surface area (Å²) in [4.78, 5) is 13.8. The molecule has 10 nitrogen and oxygen atoms in total. The minimum atomic E-state index is -4.04. The lowest BCUT2D eigenvalue weighted by molar-refractivity contribution is -0.385. The quantitative estimate of drug-likeness (QED) is 0.577. The van der Waals surface area contributed by atoms with Crippen molar-refractivity contribution in [2.45, 2.75) is 18.2 Å². The molecule has 0 aliphatic carbocycles. The lowest BCUT2D eigenvalue weighted by Crippen LogP contribution is -2.13. The topological polar surface area (TPSA) is 154 Å². The number of nitro benzene ring substituents is 1. The fourth-order valence-electron chi connectivity index (χ4n) is 1.71. The smallest absolute Gasteiger partial charge is 0.272 e. The molecule has 0 saturated heterocycles. The van der Waals surface area contributed by atoms with E-state index in [9.17, 15) is 18.5 Å². The van der Waals surface area contributed by atoms with Gasteiger partial charge in [0.25, 0.3) is 5.69 Å². The first kappa shape index (κ1) is 15.9. The number of nitrogens with two attached hydrogens (primary N) is 1. The lowest BCUT2D eigenvalue weighted by Gasteiger charge is -2.07. The van der Waals surface area contributed by atoms with Crippen LogP contribution in [0.5, 0.6) is 0 Å². The summed E-state index contributed by atoms with van der Waals surface area (Å²) in [6, 6.07) is 3.34. The molecule has 0 amide bonds. The highest BCUT2D eigenvalue weighted by molar-refractivity contribution is 7.89. The van der Waals surface area contributed by atoms with Gasteiger partial charge >= 0.3 is 0 Å². The van der Waals surface area contributed by atoms with Gasteiger partial charge < -0.3 is 9.84 Å². The van der Waals surface area contributed by atoms with Crippen molar-refractivity contribution in [3.8, 4) is 0 Å². The highest BCUT2D eigenvalue weighted by Crippen LogP contribution is 2.23. The Hall–Kier alpha value is -2.53. The van der Waals surface area contributed by atoms with Crippen molar-refractivity contribution < 1.29 is 17.9 Å². The predicted molar refractivity (Wildman–Crippen MR) is 75.7 cm³/mol. The van der Waals surface area contributed by atoms with Crippen LogP contribution in [0.15, 0.2) is 27.6 Å². The maximum absolute atomic E-state index is 11.4. The molecule has 0 radical (unpaired) electrons. The molecule has 2 rings (SSSR count). The van der Waals surface area contributed by atoms with Crippen molar-refractivity contribution in [2.75, 3.05) is 11.9 Å². The Morgan fingerprint density at radius 2 is 2.14 bits per heavy atom. The number of aryl methyl sites for hydroxylation is 1. The molecule has 0 unspecified atom stereocenters. The number of nitrogens with zero attached hydrogens (tertiary/aromatic N) is 3. The number of anilines is 1. The molecule has 0 saturated carbocycles. The molecule has 11 heteroatoms. The van der Waals surface area contributed by atoms with Gasteiger partial charge in [0, 0.05) is 30.8 Å². The van der Waals surface area contributed by atoms with Gasteiger partial charge in [0.1, 0.15) is 0 Å². The first-order chi connectivity index (χ1) is 10.3. The molecule has 0 spiro atoms. The number of nitrogens with one attached hydrogen (secondary N) is 1. The maximum atomic E-state index is 11.4. The van der Waals surface area contributed by atoms with Gasteiger partial charge in [-0.05, 0) is 13.0 Å². The fourth-order valence-corrected chi connectivity index (χ4v) is 2.29. The molecule has 118 valence electrons. The van der Waals surface area contributed by atoms with E-state index in [1.54, 1.807) is 6.92 Å². The SMILES string of the molecule is Cc1noc(CCNc2cc([N+](=O)[O-])cc(S(N)(=O)=O)c2)n1. The van der Waals surface area contributed by atoms with Crippen LogP contribution in [0.2, 0.25) is 0 Å². The predicted octanol–water partition coefficient (Wildman–Crippen LogP) is 0.588. The number of aromatic nitrogens is 2. The third-order valence-corrected chi connectivity index (χ3v) is 3.56. The Bertz CT molecular complexity index is 801.